The predicted molar refractivity (Wildman–Crippen MR) is 86.1 cm³/mol. The molecule has 92 valence electrons. The molecule has 0 saturated carbocycles. The van der Waals surface area contributed by atoms with Crippen LogP contribution in [0.1, 0.15) is 11.1 Å². The number of thiol groups is 1. The van der Waals surface area contributed by atoms with Gasteiger partial charge in [0.25, 0.3) is 0 Å². The van der Waals surface area contributed by atoms with Crippen LogP contribution in [0.5, 0.6) is 0 Å². The van der Waals surface area contributed by atoms with Crippen LogP contribution < -0.4 is 4.90 Å². The minimum absolute atomic E-state index is 0.554. The van der Waals surface area contributed by atoms with Gasteiger partial charge in [-0.1, -0.05) is 48.6 Å². The van der Waals surface area contributed by atoms with E-state index in [1.807, 2.05) is 29.2 Å². The summed E-state index contributed by atoms with van der Waals surface area (Å²) in [6.45, 7) is 4.15. The fourth-order valence-electron chi connectivity index (χ4n) is 1.96. The van der Waals surface area contributed by atoms with E-state index in [-0.39, 0.29) is 0 Å². The Morgan fingerprint density at radius 3 is 1.61 bits per heavy atom. The molecule has 0 heterocycles. The molecule has 3 heteroatoms. The Morgan fingerprint density at radius 2 is 1.28 bits per heavy atom. The number of nitrogens with zero attached hydrogens (tertiary/aromatic N) is 1. The summed E-state index contributed by atoms with van der Waals surface area (Å²) in [6, 6.07) is 16.3. The zero-order valence-electron chi connectivity index (χ0n) is 10.4. The summed E-state index contributed by atoms with van der Waals surface area (Å²) < 4.78 is 0.554. The lowest BCUT2D eigenvalue weighted by atomic mass is 10.1. The smallest absolute Gasteiger partial charge is 0.142 e. The van der Waals surface area contributed by atoms with Gasteiger partial charge >= 0.3 is 0 Å². The minimum atomic E-state index is 0.554. The molecule has 0 N–H and O–H groups in total. The first kappa shape index (κ1) is 13.1. The summed E-state index contributed by atoms with van der Waals surface area (Å²) >= 11 is 9.66. The number of benzene rings is 2. The maximum atomic E-state index is 5.29. The molecule has 1 nitrogen and oxygen atoms in total. The van der Waals surface area contributed by atoms with E-state index in [9.17, 15) is 0 Å². The number of rotatable bonds is 2. The number of para-hydroxylation sites is 2. The van der Waals surface area contributed by atoms with E-state index in [1.165, 1.54) is 11.1 Å². The molecule has 0 aliphatic rings. The van der Waals surface area contributed by atoms with Crippen molar-refractivity contribution in [3.8, 4) is 0 Å². The van der Waals surface area contributed by atoms with Crippen molar-refractivity contribution in [3.05, 3.63) is 59.7 Å². The van der Waals surface area contributed by atoms with Crippen molar-refractivity contribution < 1.29 is 0 Å². The molecule has 2 aromatic carbocycles. The van der Waals surface area contributed by atoms with Gasteiger partial charge in [-0.3, -0.25) is 4.90 Å². The van der Waals surface area contributed by atoms with Gasteiger partial charge < -0.3 is 0 Å². The highest BCUT2D eigenvalue weighted by molar-refractivity contribution is 8.11. The molecule has 0 aromatic heterocycles. The van der Waals surface area contributed by atoms with Crippen molar-refractivity contribution in [2.24, 2.45) is 0 Å². The van der Waals surface area contributed by atoms with E-state index in [0.717, 1.165) is 11.4 Å². The summed E-state index contributed by atoms with van der Waals surface area (Å²) in [4.78, 5) is 2.00. The van der Waals surface area contributed by atoms with Crippen LogP contribution >= 0.6 is 24.8 Å². The van der Waals surface area contributed by atoms with E-state index in [0.29, 0.717) is 4.32 Å². The van der Waals surface area contributed by atoms with E-state index in [1.54, 1.807) is 0 Å². The van der Waals surface area contributed by atoms with Gasteiger partial charge in [0.1, 0.15) is 4.32 Å². The Bertz CT molecular complexity index is 533. The second-order valence-electron chi connectivity index (χ2n) is 4.19. The maximum absolute atomic E-state index is 5.29. The van der Waals surface area contributed by atoms with Crippen LogP contribution in [-0.2, 0) is 0 Å². The van der Waals surface area contributed by atoms with Gasteiger partial charge in [0.15, 0.2) is 0 Å². The number of anilines is 2. The van der Waals surface area contributed by atoms with Gasteiger partial charge in [0, 0.05) is 0 Å². The fraction of sp³-hybridized carbons (Fsp3) is 0.133. The molecule has 0 aliphatic heterocycles. The Hall–Kier alpha value is -1.32. The quantitative estimate of drug-likeness (QED) is 0.626. The van der Waals surface area contributed by atoms with Crippen LogP contribution in [0.15, 0.2) is 48.5 Å². The third kappa shape index (κ3) is 2.57. The largest absolute Gasteiger partial charge is 0.296 e. The number of hydrogen-bond donors (Lipinski definition) is 1. The Morgan fingerprint density at radius 1 is 0.889 bits per heavy atom. The topological polar surface area (TPSA) is 3.24 Å². The highest BCUT2D eigenvalue weighted by Gasteiger charge is 2.15. The van der Waals surface area contributed by atoms with Crippen molar-refractivity contribution >= 4 is 40.5 Å². The molecule has 0 saturated heterocycles. The van der Waals surface area contributed by atoms with E-state index in [2.05, 4.69) is 50.7 Å². The predicted octanol–water partition coefficient (Wildman–Crippen LogP) is 4.66. The van der Waals surface area contributed by atoms with Gasteiger partial charge in [-0.05, 0) is 37.1 Å². The monoisotopic (exact) mass is 273 g/mol. The maximum Gasteiger partial charge on any atom is 0.142 e. The van der Waals surface area contributed by atoms with Gasteiger partial charge in [0.2, 0.25) is 0 Å². The standard InChI is InChI=1S/C15H15NS2/c1-11-7-3-5-9-13(11)16(15(17)18)14-10-6-4-8-12(14)2/h3-10H,1-2H3,(H,17,18). The summed E-state index contributed by atoms with van der Waals surface area (Å²) in [5.41, 5.74) is 4.51. The average molecular weight is 273 g/mol. The molecule has 0 radical (unpaired) electrons. The molecular formula is C15H15NS2. The van der Waals surface area contributed by atoms with Crippen molar-refractivity contribution in [1.29, 1.82) is 0 Å². The van der Waals surface area contributed by atoms with Gasteiger partial charge in [0.05, 0.1) is 11.4 Å². The lowest BCUT2D eigenvalue weighted by Gasteiger charge is -2.26. The van der Waals surface area contributed by atoms with Gasteiger partial charge in [-0.25, -0.2) is 0 Å². The second kappa shape index (κ2) is 5.55. The van der Waals surface area contributed by atoms with Gasteiger partial charge in [-0.2, -0.15) is 0 Å². The van der Waals surface area contributed by atoms with Crippen molar-refractivity contribution in [2.75, 3.05) is 4.90 Å². The Balaban J connectivity index is 2.58. The normalized spacial score (nSPS) is 10.2. The first-order valence-electron chi connectivity index (χ1n) is 5.75. The molecule has 0 bridgehead atoms. The van der Waals surface area contributed by atoms with Crippen LogP contribution in [0.2, 0.25) is 0 Å². The van der Waals surface area contributed by atoms with Crippen molar-refractivity contribution in [1.82, 2.24) is 0 Å². The highest BCUT2D eigenvalue weighted by Crippen LogP contribution is 2.31. The average Bonchev–Trinajstić information content (AvgIpc) is 2.34. The molecule has 2 aromatic rings. The number of hydrogen-bond acceptors (Lipinski definition) is 1. The van der Waals surface area contributed by atoms with E-state index in [4.69, 9.17) is 12.2 Å². The number of thiocarbonyl (C=S) groups is 1. The molecule has 0 unspecified atom stereocenters. The van der Waals surface area contributed by atoms with Crippen LogP contribution in [0.4, 0.5) is 11.4 Å². The SMILES string of the molecule is Cc1ccccc1N(C(=S)S)c1ccccc1C. The third-order valence-corrected chi connectivity index (χ3v) is 3.29. The Labute approximate surface area is 119 Å². The number of aryl methyl sites for hydroxylation is 2. The molecular weight excluding hydrogens is 258 g/mol. The van der Waals surface area contributed by atoms with Crippen LogP contribution in [0.25, 0.3) is 0 Å². The summed E-state index contributed by atoms with van der Waals surface area (Å²) in [6.07, 6.45) is 0. The summed E-state index contributed by atoms with van der Waals surface area (Å²) in [5, 5.41) is 0. The zero-order valence-corrected chi connectivity index (χ0v) is 12.1. The molecule has 2 rings (SSSR count). The van der Waals surface area contributed by atoms with E-state index >= 15 is 0 Å². The first-order chi connectivity index (χ1) is 8.61. The second-order valence-corrected chi connectivity index (χ2v) is 5.30. The van der Waals surface area contributed by atoms with Crippen LogP contribution in [-0.4, -0.2) is 4.32 Å². The highest BCUT2D eigenvalue weighted by atomic mass is 32.1. The fourth-order valence-corrected chi connectivity index (χ4v) is 2.38. The first-order valence-corrected chi connectivity index (χ1v) is 6.61. The summed E-state index contributed by atoms with van der Waals surface area (Å²) in [7, 11) is 0. The molecule has 0 atom stereocenters. The molecule has 0 fully saturated rings. The van der Waals surface area contributed by atoms with E-state index < -0.39 is 0 Å². The van der Waals surface area contributed by atoms with Crippen molar-refractivity contribution in [2.45, 2.75) is 13.8 Å². The minimum Gasteiger partial charge on any atom is -0.296 e. The van der Waals surface area contributed by atoms with Crippen LogP contribution in [0.3, 0.4) is 0 Å². The van der Waals surface area contributed by atoms with Gasteiger partial charge in [-0.15, -0.1) is 12.6 Å². The Kier molecular flexibility index (Phi) is 4.04. The molecule has 0 spiro atoms. The molecule has 18 heavy (non-hydrogen) atoms. The zero-order chi connectivity index (χ0) is 13.1. The third-order valence-electron chi connectivity index (χ3n) is 2.90. The van der Waals surface area contributed by atoms with Crippen molar-refractivity contribution in [3.63, 3.8) is 0 Å². The van der Waals surface area contributed by atoms with Crippen LogP contribution in [0, 0.1) is 13.8 Å². The summed E-state index contributed by atoms with van der Waals surface area (Å²) in [5.74, 6) is 0. The lowest BCUT2D eigenvalue weighted by molar-refractivity contribution is 1.29. The molecule has 0 amide bonds. The lowest BCUT2D eigenvalue weighted by Crippen LogP contribution is -2.21. The molecule has 0 aliphatic carbocycles.